The summed E-state index contributed by atoms with van der Waals surface area (Å²) in [5.41, 5.74) is 0.928. The molecule has 2 aromatic carbocycles. The molecule has 0 bridgehead atoms. The summed E-state index contributed by atoms with van der Waals surface area (Å²) < 4.78 is 0. The third kappa shape index (κ3) is 4.61. The van der Waals surface area contributed by atoms with Crippen molar-refractivity contribution in [3.8, 4) is 17.2 Å². The smallest absolute Gasteiger partial charge is 0.119 e. The fourth-order valence-electron chi connectivity index (χ4n) is 1.33. The molecule has 0 aliphatic carbocycles. The van der Waals surface area contributed by atoms with Gasteiger partial charge in [0.05, 0.1) is 0 Å². The second-order valence-electron chi connectivity index (χ2n) is 3.64. The molecule has 3 heteroatoms. The van der Waals surface area contributed by atoms with E-state index in [0.717, 1.165) is 12.0 Å². The summed E-state index contributed by atoms with van der Waals surface area (Å²) >= 11 is 0. The summed E-state index contributed by atoms with van der Waals surface area (Å²) in [7, 11) is 0. The fourth-order valence-corrected chi connectivity index (χ4v) is 1.33. The molecule has 0 saturated heterocycles. The minimum atomic E-state index is 0.0880. The molecule has 0 spiro atoms. The van der Waals surface area contributed by atoms with Crippen LogP contribution in [0.25, 0.3) is 0 Å². The third-order valence-corrected chi connectivity index (χ3v) is 2.19. The zero-order chi connectivity index (χ0) is 13.4. The Kier molecular flexibility index (Phi) is 5.32. The van der Waals surface area contributed by atoms with Crippen molar-refractivity contribution in [2.24, 2.45) is 0 Å². The average Bonchev–Trinajstić information content (AvgIpc) is 2.33. The fraction of sp³-hybridized carbons (Fsp3) is 0.0667. The number of hydrogen-bond acceptors (Lipinski definition) is 3. The summed E-state index contributed by atoms with van der Waals surface area (Å²) in [4.78, 5) is 0. The lowest BCUT2D eigenvalue weighted by atomic mass is 10.1. The Morgan fingerprint density at radius 1 is 0.889 bits per heavy atom. The summed E-state index contributed by atoms with van der Waals surface area (Å²) in [5.74, 6) is 0.525. The normalized spacial score (nSPS) is 9.11. The van der Waals surface area contributed by atoms with Gasteiger partial charge in [-0.3, -0.25) is 0 Å². The highest BCUT2D eigenvalue weighted by atomic mass is 16.3. The number of phenolic OH excluding ortho intramolecular Hbond substituents is 3. The van der Waals surface area contributed by atoms with E-state index >= 15 is 0 Å². The molecule has 0 aromatic heterocycles. The van der Waals surface area contributed by atoms with Gasteiger partial charge in [0.1, 0.15) is 17.2 Å². The molecule has 0 unspecified atom stereocenters. The maximum Gasteiger partial charge on any atom is 0.119 e. The molecule has 0 aliphatic heterocycles. The van der Waals surface area contributed by atoms with Gasteiger partial charge in [0.2, 0.25) is 0 Å². The van der Waals surface area contributed by atoms with Crippen molar-refractivity contribution >= 4 is 0 Å². The molecule has 18 heavy (non-hydrogen) atoms. The number of aromatic hydroxyl groups is 3. The van der Waals surface area contributed by atoms with E-state index in [0.29, 0.717) is 5.75 Å². The first-order valence-electron chi connectivity index (χ1n) is 5.49. The van der Waals surface area contributed by atoms with Crippen molar-refractivity contribution in [1.82, 2.24) is 0 Å². The van der Waals surface area contributed by atoms with Crippen LogP contribution in [0.2, 0.25) is 0 Å². The molecule has 0 radical (unpaired) electrons. The van der Waals surface area contributed by atoms with E-state index in [4.69, 9.17) is 10.2 Å². The van der Waals surface area contributed by atoms with Crippen LogP contribution >= 0.6 is 0 Å². The Morgan fingerprint density at radius 2 is 1.50 bits per heavy atom. The highest BCUT2D eigenvalue weighted by molar-refractivity contribution is 5.33. The molecule has 0 saturated carbocycles. The highest BCUT2D eigenvalue weighted by Crippen LogP contribution is 2.16. The van der Waals surface area contributed by atoms with E-state index in [2.05, 4.69) is 6.58 Å². The van der Waals surface area contributed by atoms with Gasteiger partial charge in [0, 0.05) is 6.07 Å². The predicted molar refractivity (Wildman–Crippen MR) is 71.8 cm³/mol. The van der Waals surface area contributed by atoms with E-state index in [-0.39, 0.29) is 11.5 Å². The zero-order valence-corrected chi connectivity index (χ0v) is 9.95. The SMILES string of the molecule is C=CCc1ccccc1O.Oc1cccc(O)c1. The maximum atomic E-state index is 9.19. The number of benzene rings is 2. The van der Waals surface area contributed by atoms with Gasteiger partial charge < -0.3 is 15.3 Å². The Bertz CT molecular complexity index is 489. The minimum Gasteiger partial charge on any atom is -0.508 e. The van der Waals surface area contributed by atoms with Gasteiger partial charge in [-0.2, -0.15) is 0 Å². The topological polar surface area (TPSA) is 60.7 Å². The third-order valence-electron chi connectivity index (χ3n) is 2.19. The van der Waals surface area contributed by atoms with Crippen LogP contribution < -0.4 is 0 Å². The van der Waals surface area contributed by atoms with Gasteiger partial charge in [-0.1, -0.05) is 30.3 Å². The monoisotopic (exact) mass is 244 g/mol. The van der Waals surface area contributed by atoms with Crippen LogP contribution in [0, 0.1) is 0 Å². The van der Waals surface area contributed by atoms with Crippen LogP contribution in [0.15, 0.2) is 61.2 Å². The highest BCUT2D eigenvalue weighted by Gasteiger charge is 1.93. The van der Waals surface area contributed by atoms with Crippen LogP contribution in [0.5, 0.6) is 17.2 Å². The number of para-hydroxylation sites is 1. The molecule has 3 nitrogen and oxygen atoms in total. The quantitative estimate of drug-likeness (QED) is 0.711. The second-order valence-corrected chi connectivity index (χ2v) is 3.64. The van der Waals surface area contributed by atoms with E-state index in [1.807, 2.05) is 18.2 Å². The Labute approximate surface area is 106 Å². The molecular formula is C15H16O3. The number of hydrogen-bond donors (Lipinski definition) is 3. The van der Waals surface area contributed by atoms with Crippen LogP contribution in [0.1, 0.15) is 5.56 Å². The second kappa shape index (κ2) is 7.01. The first-order valence-corrected chi connectivity index (χ1v) is 5.49. The molecule has 94 valence electrons. The van der Waals surface area contributed by atoms with Gasteiger partial charge in [0.15, 0.2) is 0 Å². The van der Waals surface area contributed by atoms with E-state index < -0.39 is 0 Å². The standard InChI is InChI=1S/C9H10O.C6H6O2/c1-2-5-8-6-3-4-7-9(8)10;7-5-2-1-3-6(8)4-5/h2-4,6-7,10H,1,5H2;1-4,7-8H. The number of phenols is 3. The molecule has 0 heterocycles. The molecular weight excluding hydrogens is 228 g/mol. The lowest BCUT2D eigenvalue weighted by molar-refractivity contribution is 0.450. The van der Waals surface area contributed by atoms with Crippen molar-refractivity contribution in [1.29, 1.82) is 0 Å². The molecule has 2 rings (SSSR count). The predicted octanol–water partition coefficient (Wildman–Crippen LogP) is 3.22. The van der Waals surface area contributed by atoms with Gasteiger partial charge in [-0.05, 0) is 30.2 Å². The van der Waals surface area contributed by atoms with Crippen molar-refractivity contribution in [2.45, 2.75) is 6.42 Å². The van der Waals surface area contributed by atoms with Crippen molar-refractivity contribution in [3.63, 3.8) is 0 Å². The van der Waals surface area contributed by atoms with Crippen molar-refractivity contribution in [3.05, 3.63) is 66.7 Å². The van der Waals surface area contributed by atoms with Crippen LogP contribution in [0.4, 0.5) is 0 Å². The summed E-state index contributed by atoms with van der Waals surface area (Å²) in [5, 5.41) is 26.5. The lowest BCUT2D eigenvalue weighted by Gasteiger charge is -1.97. The summed E-state index contributed by atoms with van der Waals surface area (Å²) in [6.07, 6.45) is 2.50. The molecule has 3 N–H and O–H groups in total. The zero-order valence-electron chi connectivity index (χ0n) is 9.95. The first-order chi connectivity index (χ1) is 8.63. The van der Waals surface area contributed by atoms with Crippen LogP contribution in [-0.2, 0) is 6.42 Å². The molecule has 0 atom stereocenters. The van der Waals surface area contributed by atoms with E-state index in [1.54, 1.807) is 18.2 Å². The first kappa shape index (κ1) is 13.6. The van der Waals surface area contributed by atoms with E-state index in [1.165, 1.54) is 18.2 Å². The van der Waals surface area contributed by atoms with Crippen LogP contribution in [0.3, 0.4) is 0 Å². The summed E-state index contributed by atoms with van der Waals surface area (Å²) in [6.45, 7) is 3.59. The Balaban J connectivity index is 0.000000184. The molecule has 0 amide bonds. The molecule has 0 aliphatic rings. The minimum absolute atomic E-state index is 0.0880. The van der Waals surface area contributed by atoms with Gasteiger partial charge in [-0.15, -0.1) is 6.58 Å². The Morgan fingerprint density at radius 3 is 1.94 bits per heavy atom. The van der Waals surface area contributed by atoms with Crippen LogP contribution in [-0.4, -0.2) is 15.3 Å². The summed E-state index contributed by atoms with van der Waals surface area (Å²) in [6, 6.07) is 13.1. The van der Waals surface area contributed by atoms with Crippen molar-refractivity contribution < 1.29 is 15.3 Å². The van der Waals surface area contributed by atoms with Gasteiger partial charge in [0.25, 0.3) is 0 Å². The van der Waals surface area contributed by atoms with Crippen molar-refractivity contribution in [2.75, 3.05) is 0 Å². The molecule has 0 fully saturated rings. The lowest BCUT2D eigenvalue weighted by Crippen LogP contribution is -1.79. The van der Waals surface area contributed by atoms with Gasteiger partial charge >= 0.3 is 0 Å². The van der Waals surface area contributed by atoms with E-state index in [9.17, 15) is 5.11 Å². The number of rotatable bonds is 2. The number of allylic oxidation sites excluding steroid dienone is 1. The largest absolute Gasteiger partial charge is 0.508 e. The van der Waals surface area contributed by atoms with Gasteiger partial charge in [-0.25, -0.2) is 0 Å². The Hall–Kier alpha value is -2.42. The molecule has 2 aromatic rings. The maximum absolute atomic E-state index is 9.19. The average molecular weight is 244 g/mol.